The number of carbonyl (C=O) groups is 1. The average Bonchev–Trinajstić information content (AvgIpc) is 3.55. The first-order chi connectivity index (χ1) is 14.8. The fraction of sp³-hybridized carbons (Fsp3) is 0.238. The molecular weight excluding hydrogens is 382 g/mol. The minimum atomic E-state index is -0.342. The molecule has 4 heterocycles. The molecule has 3 aromatic heterocycles. The Kier molecular flexibility index (Phi) is 4.76. The van der Waals surface area contributed by atoms with Gasteiger partial charge in [0.2, 0.25) is 11.9 Å². The number of para-hydroxylation sites is 1. The summed E-state index contributed by atoms with van der Waals surface area (Å²) >= 11 is 0. The van der Waals surface area contributed by atoms with E-state index in [2.05, 4.69) is 30.5 Å². The summed E-state index contributed by atoms with van der Waals surface area (Å²) in [5.41, 5.74) is 1.70. The van der Waals surface area contributed by atoms with Gasteiger partial charge in [0.15, 0.2) is 5.76 Å². The molecule has 1 aromatic carbocycles. The van der Waals surface area contributed by atoms with E-state index in [9.17, 15) is 4.79 Å². The van der Waals surface area contributed by atoms with Crippen molar-refractivity contribution >= 4 is 17.8 Å². The predicted octanol–water partition coefficient (Wildman–Crippen LogP) is 3.49. The molecule has 1 fully saturated rings. The highest BCUT2D eigenvalue weighted by Crippen LogP contribution is 2.23. The van der Waals surface area contributed by atoms with Crippen LogP contribution < -0.4 is 10.2 Å². The molecule has 0 bridgehead atoms. The quantitative estimate of drug-likeness (QED) is 0.528. The van der Waals surface area contributed by atoms with Gasteiger partial charge in [0.25, 0.3) is 5.91 Å². The topological polar surface area (TPSA) is 105 Å². The maximum Gasteiger partial charge on any atom is 0.276 e. The number of furan rings is 1. The minimum Gasteiger partial charge on any atom is -0.463 e. The summed E-state index contributed by atoms with van der Waals surface area (Å²) in [6, 6.07) is 14.8. The lowest BCUT2D eigenvalue weighted by Crippen LogP contribution is -2.30. The zero-order valence-corrected chi connectivity index (χ0v) is 16.3. The van der Waals surface area contributed by atoms with Gasteiger partial charge >= 0.3 is 0 Å². The van der Waals surface area contributed by atoms with Crippen LogP contribution in [0.15, 0.2) is 59.2 Å². The summed E-state index contributed by atoms with van der Waals surface area (Å²) < 4.78 is 7.04. The van der Waals surface area contributed by atoms with Crippen molar-refractivity contribution < 1.29 is 9.21 Å². The Morgan fingerprint density at radius 3 is 2.67 bits per heavy atom. The monoisotopic (exact) mass is 403 g/mol. The second-order valence-corrected chi connectivity index (χ2v) is 7.13. The van der Waals surface area contributed by atoms with Gasteiger partial charge in [-0.1, -0.05) is 18.2 Å². The van der Waals surface area contributed by atoms with E-state index in [1.165, 1.54) is 6.42 Å². The first kappa shape index (κ1) is 18.2. The number of nitrogens with zero attached hydrogens (tertiary/aromatic N) is 5. The van der Waals surface area contributed by atoms with Gasteiger partial charge in [-0.3, -0.25) is 10.1 Å². The molecular formula is C21H21N7O2. The number of piperidine rings is 1. The van der Waals surface area contributed by atoms with Crippen molar-refractivity contribution in [3.8, 4) is 17.1 Å². The molecule has 0 spiro atoms. The molecule has 9 nitrogen and oxygen atoms in total. The normalized spacial score (nSPS) is 14.1. The van der Waals surface area contributed by atoms with Crippen LogP contribution in [0.3, 0.4) is 0 Å². The van der Waals surface area contributed by atoms with Crippen LogP contribution in [0.2, 0.25) is 0 Å². The number of rotatable bonds is 5. The molecule has 0 aliphatic carbocycles. The molecule has 5 rings (SSSR count). The van der Waals surface area contributed by atoms with Crippen LogP contribution in [0.5, 0.6) is 0 Å². The van der Waals surface area contributed by atoms with Crippen LogP contribution in [0, 0.1) is 0 Å². The lowest BCUT2D eigenvalue weighted by atomic mass is 10.1. The van der Waals surface area contributed by atoms with Gasteiger partial charge in [0, 0.05) is 19.2 Å². The highest BCUT2D eigenvalue weighted by atomic mass is 16.3. The Hall–Kier alpha value is -3.88. The zero-order chi connectivity index (χ0) is 20.3. The first-order valence-corrected chi connectivity index (χ1v) is 9.96. The standard InChI is InChI=1S/C21H21N7O2/c29-19(22-20-23-21(25-24-20)27-11-5-2-6-12-27)17-14-16(18-10-7-13-30-18)26-28(17)15-8-3-1-4-9-15/h1,3-4,7-10,13-14H,2,5-6,11-12H2,(H2,22,23,24,25,29). The maximum absolute atomic E-state index is 13.1. The number of anilines is 2. The van der Waals surface area contributed by atoms with Gasteiger partial charge in [-0.15, -0.1) is 5.10 Å². The van der Waals surface area contributed by atoms with Crippen molar-refractivity contribution in [2.24, 2.45) is 0 Å². The van der Waals surface area contributed by atoms with E-state index in [0.29, 0.717) is 29.0 Å². The van der Waals surface area contributed by atoms with Crippen LogP contribution in [-0.2, 0) is 0 Å². The van der Waals surface area contributed by atoms with Gasteiger partial charge in [-0.25, -0.2) is 9.78 Å². The fourth-order valence-electron chi connectivity index (χ4n) is 3.57. The number of carbonyl (C=O) groups excluding carboxylic acids is 1. The molecule has 9 heteroatoms. The Labute approximate surface area is 172 Å². The number of hydrogen-bond acceptors (Lipinski definition) is 6. The average molecular weight is 403 g/mol. The molecule has 4 aromatic rings. The molecule has 152 valence electrons. The minimum absolute atomic E-state index is 0.306. The Bertz CT molecular complexity index is 1130. The van der Waals surface area contributed by atoms with E-state index in [4.69, 9.17) is 4.42 Å². The van der Waals surface area contributed by atoms with Crippen LogP contribution >= 0.6 is 0 Å². The highest BCUT2D eigenvalue weighted by molar-refractivity contribution is 6.03. The number of benzene rings is 1. The Balaban J connectivity index is 1.43. The molecule has 0 unspecified atom stereocenters. The lowest BCUT2D eigenvalue weighted by molar-refractivity contribution is 0.101. The lowest BCUT2D eigenvalue weighted by Gasteiger charge is -2.24. The van der Waals surface area contributed by atoms with Crippen LogP contribution in [0.4, 0.5) is 11.9 Å². The third kappa shape index (κ3) is 3.57. The summed E-state index contributed by atoms with van der Waals surface area (Å²) in [4.78, 5) is 19.6. The Morgan fingerprint density at radius 1 is 1.07 bits per heavy atom. The largest absolute Gasteiger partial charge is 0.463 e. The van der Waals surface area contributed by atoms with Crippen LogP contribution in [-0.4, -0.2) is 44.0 Å². The number of nitrogens with one attached hydrogen (secondary N) is 2. The molecule has 0 atom stereocenters. The number of hydrogen-bond donors (Lipinski definition) is 2. The van der Waals surface area contributed by atoms with Crippen molar-refractivity contribution in [1.82, 2.24) is 25.0 Å². The third-order valence-corrected chi connectivity index (χ3v) is 5.06. The van der Waals surface area contributed by atoms with Crippen molar-refractivity contribution in [2.45, 2.75) is 19.3 Å². The van der Waals surface area contributed by atoms with E-state index < -0.39 is 0 Å². The van der Waals surface area contributed by atoms with Crippen molar-refractivity contribution in [2.75, 3.05) is 23.3 Å². The SMILES string of the molecule is O=C(Nc1nc(N2CCCCC2)n[nH]1)c1cc(-c2ccco2)nn1-c1ccccc1. The van der Waals surface area contributed by atoms with Gasteiger partial charge in [-0.05, 0) is 43.5 Å². The van der Waals surface area contributed by atoms with E-state index >= 15 is 0 Å². The van der Waals surface area contributed by atoms with Gasteiger partial charge in [0.1, 0.15) is 11.4 Å². The van der Waals surface area contributed by atoms with Crippen LogP contribution in [0.1, 0.15) is 29.8 Å². The summed E-state index contributed by atoms with van der Waals surface area (Å²) in [6.45, 7) is 1.86. The second-order valence-electron chi connectivity index (χ2n) is 7.13. The molecule has 1 aliphatic heterocycles. The second kappa shape index (κ2) is 7.86. The number of aromatic amines is 1. The van der Waals surface area contributed by atoms with Crippen molar-refractivity contribution in [3.05, 3.63) is 60.5 Å². The third-order valence-electron chi connectivity index (χ3n) is 5.06. The van der Waals surface area contributed by atoms with Crippen molar-refractivity contribution in [1.29, 1.82) is 0 Å². The summed E-state index contributed by atoms with van der Waals surface area (Å²) in [7, 11) is 0. The van der Waals surface area contributed by atoms with E-state index in [-0.39, 0.29) is 5.91 Å². The van der Waals surface area contributed by atoms with Gasteiger partial charge in [0.05, 0.1) is 12.0 Å². The molecule has 30 heavy (non-hydrogen) atoms. The smallest absolute Gasteiger partial charge is 0.276 e. The van der Waals surface area contributed by atoms with E-state index in [0.717, 1.165) is 31.6 Å². The highest BCUT2D eigenvalue weighted by Gasteiger charge is 2.21. The maximum atomic E-state index is 13.1. The van der Waals surface area contributed by atoms with E-state index in [1.807, 2.05) is 30.3 Å². The summed E-state index contributed by atoms with van der Waals surface area (Å²) in [6.07, 6.45) is 5.06. The van der Waals surface area contributed by atoms with E-state index in [1.54, 1.807) is 29.1 Å². The predicted molar refractivity (Wildman–Crippen MR) is 112 cm³/mol. The summed E-state index contributed by atoms with van der Waals surface area (Å²) in [5, 5.41) is 14.4. The number of aromatic nitrogens is 5. The molecule has 1 amide bonds. The zero-order valence-electron chi connectivity index (χ0n) is 16.3. The molecule has 1 saturated heterocycles. The fourth-order valence-corrected chi connectivity index (χ4v) is 3.57. The number of H-pyrrole nitrogens is 1. The molecule has 1 aliphatic rings. The van der Waals surface area contributed by atoms with Gasteiger partial charge in [-0.2, -0.15) is 10.1 Å². The van der Waals surface area contributed by atoms with Crippen molar-refractivity contribution in [3.63, 3.8) is 0 Å². The first-order valence-electron chi connectivity index (χ1n) is 9.96. The Morgan fingerprint density at radius 2 is 1.90 bits per heavy atom. The summed E-state index contributed by atoms with van der Waals surface area (Å²) in [5.74, 6) is 1.16. The van der Waals surface area contributed by atoms with Gasteiger partial charge < -0.3 is 9.32 Å². The molecule has 2 N–H and O–H groups in total. The number of amides is 1. The van der Waals surface area contributed by atoms with Crippen LogP contribution in [0.25, 0.3) is 17.1 Å². The molecule has 0 radical (unpaired) electrons. The molecule has 0 saturated carbocycles.